The van der Waals surface area contributed by atoms with E-state index < -0.39 is 42.5 Å². The molecule has 0 heterocycles. The Morgan fingerprint density at radius 2 is 1.62 bits per heavy atom. The highest BCUT2D eigenvalue weighted by Gasteiger charge is 2.38. The Kier molecular flexibility index (Phi) is 9.94. The molecule has 9 heteroatoms. The molecular formula is C20H30N2O7. The number of hydrogen-bond donors (Lipinski definition) is 2. The molecule has 0 saturated carbocycles. The van der Waals surface area contributed by atoms with Crippen molar-refractivity contribution in [3.63, 3.8) is 0 Å². The predicted octanol–water partition coefficient (Wildman–Crippen LogP) is 2.42. The van der Waals surface area contributed by atoms with Gasteiger partial charge in [-0.05, 0) is 46.6 Å². The number of carbonyl (C=O) groups excluding carboxylic acids is 3. The standard InChI is InChI=1S/C20H30N2O7/c1-6-27-18(24)17(23)16(12-15-10-8-7-9-11-15)22(20(26)29-14(4)5)21-19(25)28-13(2)3/h7-11,13-14,16-17,23H,6,12H2,1-5H3,(H,21,25). The van der Waals surface area contributed by atoms with E-state index in [-0.39, 0.29) is 13.0 Å². The Labute approximate surface area is 170 Å². The van der Waals surface area contributed by atoms with Gasteiger partial charge in [0.05, 0.1) is 24.9 Å². The summed E-state index contributed by atoms with van der Waals surface area (Å²) in [6.45, 7) is 8.20. The highest BCUT2D eigenvalue weighted by atomic mass is 16.6. The van der Waals surface area contributed by atoms with E-state index in [9.17, 15) is 19.5 Å². The van der Waals surface area contributed by atoms with Crippen molar-refractivity contribution in [2.45, 2.75) is 65.4 Å². The predicted molar refractivity (Wildman–Crippen MR) is 105 cm³/mol. The second-order valence-corrected chi connectivity index (χ2v) is 6.82. The largest absolute Gasteiger partial charge is 0.464 e. The number of esters is 1. The Hall–Kier alpha value is -2.81. The number of aliphatic hydroxyl groups excluding tert-OH is 1. The number of benzene rings is 1. The molecule has 2 unspecified atom stereocenters. The molecule has 0 aromatic heterocycles. The first-order valence-corrected chi connectivity index (χ1v) is 9.51. The minimum Gasteiger partial charge on any atom is -0.464 e. The van der Waals surface area contributed by atoms with Crippen LogP contribution in [0.2, 0.25) is 0 Å². The van der Waals surface area contributed by atoms with Gasteiger partial charge < -0.3 is 19.3 Å². The molecule has 0 spiro atoms. The summed E-state index contributed by atoms with van der Waals surface area (Å²) < 4.78 is 15.1. The van der Waals surface area contributed by atoms with Gasteiger partial charge in [0.2, 0.25) is 0 Å². The molecule has 162 valence electrons. The maximum Gasteiger partial charge on any atom is 0.429 e. The molecule has 9 nitrogen and oxygen atoms in total. The summed E-state index contributed by atoms with van der Waals surface area (Å²) in [6, 6.07) is 7.71. The number of nitrogens with one attached hydrogen (secondary N) is 1. The molecule has 0 fully saturated rings. The van der Waals surface area contributed by atoms with Crippen LogP contribution in [0.25, 0.3) is 0 Å². The normalized spacial score (nSPS) is 12.8. The Morgan fingerprint density at radius 3 is 2.14 bits per heavy atom. The number of hydrogen-bond acceptors (Lipinski definition) is 7. The zero-order valence-electron chi connectivity index (χ0n) is 17.5. The second-order valence-electron chi connectivity index (χ2n) is 6.82. The summed E-state index contributed by atoms with van der Waals surface area (Å²) in [5.41, 5.74) is 3.01. The summed E-state index contributed by atoms with van der Waals surface area (Å²) in [5, 5.41) is 11.4. The number of carbonyl (C=O) groups is 3. The van der Waals surface area contributed by atoms with E-state index in [0.29, 0.717) is 0 Å². The van der Waals surface area contributed by atoms with E-state index in [4.69, 9.17) is 14.2 Å². The Bertz CT molecular complexity index is 664. The lowest BCUT2D eigenvalue weighted by Gasteiger charge is -2.33. The van der Waals surface area contributed by atoms with E-state index in [1.807, 2.05) is 6.07 Å². The lowest BCUT2D eigenvalue weighted by atomic mass is 10.0. The summed E-state index contributed by atoms with van der Waals surface area (Å²) in [5.74, 6) is -0.921. The van der Waals surface area contributed by atoms with Crippen LogP contribution >= 0.6 is 0 Å². The van der Waals surface area contributed by atoms with E-state index >= 15 is 0 Å². The van der Waals surface area contributed by atoms with Crippen LogP contribution in [0.15, 0.2) is 30.3 Å². The van der Waals surface area contributed by atoms with Gasteiger partial charge in [-0.2, -0.15) is 0 Å². The average molecular weight is 410 g/mol. The maximum absolute atomic E-state index is 12.7. The van der Waals surface area contributed by atoms with Gasteiger partial charge in [0.1, 0.15) is 0 Å². The van der Waals surface area contributed by atoms with Crippen LogP contribution in [0.5, 0.6) is 0 Å². The molecule has 2 atom stereocenters. The van der Waals surface area contributed by atoms with E-state index in [1.165, 1.54) is 0 Å². The molecule has 1 aromatic carbocycles. The van der Waals surface area contributed by atoms with Crippen LogP contribution in [-0.2, 0) is 25.4 Å². The topological polar surface area (TPSA) is 114 Å². The number of rotatable bonds is 8. The number of hydrazine groups is 1. The van der Waals surface area contributed by atoms with Crippen molar-refractivity contribution in [1.29, 1.82) is 0 Å². The molecule has 2 amide bonds. The van der Waals surface area contributed by atoms with Gasteiger partial charge in [-0.1, -0.05) is 30.3 Å². The summed E-state index contributed by atoms with van der Waals surface area (Å²) >= 11 is 0. The third kappa shape index (κ3) is 8.39. The van der Waals surface area contributed by atoms with Crippen molar-refractivity contribution >= 4 is 18.2 Å². The van der Waals surface area contributed by atoms with Crippen molar-refractivity contribution in [2.75, 3.05) is 6.61 Å². The van der Waals surface area contributed by atoms with Crippen molar-refractivity contribution in [2.24, 2.45) is 0 Å². The number of ether oxygens (including phenoxy) is 3. The van der Waals surface area contributed by atoms with Crippen molar-refractivity contribution in [3.05, 3.63) is 35.9 Å². The fraction of sp³-hybridized carbons (Fsp3) is 0.550. The van der Waals surface area contributed by atoms with Gasteiger partial charge in [-0.3, -0.25) is 0 Å². The maximum atomic E-state index is 12.7. The van der Waals surface area contributed by atoms with Crippen LogP contribution in [0.1, 0.15) is 40.2 Å². The highest BCUT2D eigenvalue weighted by molar-refractivity contribution is 5.78. The van der Waals surface area contributed by atoms with Crippen LogP contribution in [0, 0.1) is 0 Å². The zero-order chi connectivity index (χ0) is 22.0. The second kappa shape index (κ2) is 11.9. The molecule has 0 aliphatic heterocycles. The fourth-order valence-electron chi connectivity index (χ4n) is 2.45. The SMILES string of the molecule is CCOC(=O)C(O)C(Cc1ccccc1)N(NC(=O)OC(C)C)C(=O)OC(C)C. The van der Waals surface area contributed by atoms with Gasteiger partial charge in [0.15, 0.2) is 6.10 Å². The van der Waals surface area contributed by atoms with E-state index in [2.05, 4.69) is 5.43 Å². The smallest absolute Gasteiger partial charge is 0.429 e. The Morgan fingerprint density at radius 1 is 1.03 bits per heavy atom. The minimum absolute atomic E-state index is 0.0488. The summed E-state index contributed by atoms with van der Waals surface area (Å²) in [7, 11) is 0. The molecule has 1 rings (SSSR count). The van der Waals surface area contributed by atoms with Gasteiger partial charge >= 0.3 is 18.2 Å². The lowest BCUT2D eigenvalue weighted by molar-refractivity contribution is -0.157. The molecule has 29 heavy (non-hydrogen) atoms. The van der Waals surface area contributed by atoms with E-state index in [1.54, 1.807) is 58.9 Å². The minimum atomic E-state index is -1.73. The van der Waals surface area contributed by atoms with Gasteiger partial charge in [-0.15, -0.1) is 0 Å². The third-order valence-corrected chi connectivity index (χ3v) is 3.60. The quantitative estimate of drug-likeness (QED) is 0.384. The highest BCUT2D eigenvalue weighted by Crippen LogP contribution is 2.15. The van der Waals surface area contributed by atoms with Gasteiger partial charge in [0, 0.05) is 0 Å². The first-order valence-electron chi connectivity index (χ1n) is 9.51. The fourth-order valence-corrected chi connectivity index (χ4v) is 2.45. The number of amides is 2. The molecule has 0 saturated heterocycles. The van der Waals surface area contributed by atoms with Gasteiger partial charge in [-0.25, -0.2) is 24.8 Å². The first-order chi connectivity index (χ1) is 13.6. The molecular weight excluding hydrogens is 380 g/mol. The third-order valence-electron chi connectivity index (χ3n) is 3.60. The number of nitrogens with zero attached hydrogens (tertiary/aromatic N) is 1. The lowest BCUT2D eigenvalue weighted by Crippen LogP contribution is -2.59. The summed E-state index contributed by atoms with van der Waals surface area (Å²) in [6.07, 6.45) is -4.48. The number of aliphatic hydroxyl groups is 1. The van der Waals surface area contributed by atoms with Crippen molar-refractivity contribution in [3.8, 4) is 0 Å². The monoisotopic (exact) mass is 410 g/mol. The van der Waals surface area contributed by atoms with Crippen LogP contribution < -0.4 is 5.43 Å². The zero-order valence-corrected chi connectivity index (χ0v) is 17.5. The molecule has 0 bridgehead atoms. The molecule has 0 radical (unpaired) electrons. The van der Waals surface area contributed by atoms with Crippen molar-refractivity contribution in [1.82, 2.24) is 10.4 Å². The summed E-state index contributed by atoms with van der Waals surface area (Å²) in [4.78, 5) is 37.0. The van der Waals surface area contributed by atoms with Crippen LogP contribution in [0.3, 0.4) is 0 Å². The molecule has 1 aromatic rings. The molecule has 0 aliphatic rings. The van der Waals surface area contributed by atoms with Crippen LogP contribution in [0.4, 0.5) is 9.59 Å². The first kappa shape index (κ1) is 24.2. The van der Waals surface area contributed by atoms with Crippen LogP contribution in [-0.4, -0.2) is 59.2 Å². The van der Waals surface area contributed by atoms with E-state index in [0.717, 1.165) is 10.6 Å². The Balaban J connectivity index is 3.24. The average Bonchev–Trinajstić information content (AvgIpc) is 2.63. The molecule has 2 N–H and O–H groups in total. The van der Waals surface area contributed by atoms with Gasteiger partial charge in [0.25, 0.3) is 0 Å². The molecule has 0 aliphatic carbocycles. The van der Waals surface area contributed by atoms with Crippen molar-refractivity contribution < 1.29 is 33.7 Å².